The molecular formula is C22H23Cl2N5O3. The minimum Gasteiger partial charge on any atom is -0.368 e. The van der Waals surface area contributed by atoms with Gasteiger partial charge in [0.2, 0.25) is 0 Å². The number of carbonyl (C=O) groups excluding carboxylic acids is 3. The van der Waals surface area contributed by atoms with E-state index < -0.39 is 11.8 Å². The zero-order valence-electron chi connectivity index (χ0n) is 17.3. The highest BCUT2D eigenvalue weighted by Crippen LogP contribution is 2.28. The first kappa shape index (κ1) is 22.2. The Morgan fingerprint density at radius 3 is 2.41 bits per heavy atom. The summed E-state index contributed by atoms with van der Waals surface area (Å²) < 4.78 is 0. The van der Waals surface area contributed by atoms with Crippen molar-refractivity contribution in [2.24, 2.45) is 0 Å². The van der Waals surface area contributed by atoms with Crippen molar-refractivity contribution in [1.29, 1.82) is 0 Å². The molecule has 10 heteroatoms. The van der Waals surface area contributed by atoms with E-state index in [9.17, 15) is 14.4 Å². The molecule has 2 fully saturated rings. The molecule has 2 aromatic carbocycles. The lowest BCUT2D eigenvalue weighted by Crippen LogP contribution is -2.51. The highest BCUT2D eigenvalue weighted by atomic mass is 35.5. The molecule has 2 aliphatic heterocycles. The molecule has 0 radical (unpaired) electrons. The van der Waals surface area contributed by atoms with E-state index >= 15 is 0 Å². The first-order valence-corrected chi connectivity index (χ1v) is 11.1. The molecular weight excluding hydrogens is 453 g/mol. The molecule has 4 amide bonds. The number of hydrogen-bond acceptors (Lipinski definition) is 4. The average Bonchev–Trinajstić information content (AvgIpc) is 3.21. The smallest absolute Gasteiger partial charge is 0.317 e. The van der Waals surface area contributed by atoms with Crippen LogP contribution in [0.5, 0.6) is 0 Å². The maximum absolute atomic E-state index is 12.7. The van der Waals surface area contributed by atoms with Crippen molar-refractivity contribution in [3.05, 3.63) is 58.1 Å². The normalized spacial score (nSPS) is 16.2. The van der Waals surface area contributed by atoms with Crippen molar-refractivity contribution in [3.63, 3.8) is 0 Å². The molecule has 0 aliphatic carbocycles. The van der Waals surface area contributed by atoms with Gasteiger partial charge in [0, 0.05) is 57.2 Å². The molecule has 8 nitrogen and oxygen atoms in total. The monoisotopic (exact) mass is 475 g/mol. The number of amides is 4. The standard InChI is InChI=1S/C22H23Cl2N5O3/c23-17-6-5-16(13-18(17)24)27-9-11-28(12-10-27)21(31)20(30)26-19-4-2-1-3-15(19)14-29-8-7-25-22(29)32/h1-6,13H,7-12,14H2,(H,25,32)(H,26,30). The number of nitrogens with zero attached hydrogens (tertiary/aromatic N) is 3. The van der Waals surface area contributed by atoms with E-state index in [1.165, 1.54) is 0 Å². The molecule has 4 rings (SSSR count). The average molecular weight is 476 g/mol. The van der Waals surface area contributed by atoms with Gasteiger partial charge in [-0.3, -0.25) is 9.59 Å². The van der Waals surface area contributed by atoms with Crippen molar-refractivity contribution in [3.8, 4) is 0 Å². The van der Waals surface area contributed by atoms with Gasteiger partial charge >= 0.3 is 17.8 Å². The number of hydrogen-bond donors (Lipinski definition) is 2. The lowest BCUT2D eigenvalue weighted by Gasteiger charge is -2.35. The van der Waals surface area contributed by atoms with Crippen LogP contribution in [0.25, 0.3) is 0 Å². The third-order valence-corrected chi connectivity index (χ3v) is 6.34. The second-order valence-corrected chi connectivity index (χ2v) is 8.46. The van der Waals surface area contributed by atoms with E-state index in [0.29, 0.717) is 61.5 Å². The molecule has 0 atom stereocenters. The molecule has 32 heavy (non-hydrogen) atoms. The number of urea groups is 1. The number of nitrogens with one attached hydrogen (secondary N) is 2. The van der Waals surface area contributed by atoms with Gasteiger partial charge in [-0.25, -0.2) is 4.79 Å². The first-order chi connectivity index (χ1) is 15.4. The minimum atomic E-state index is -0.689. The number of anilines is 2. The van der Waals surface area contributed by atoms with Gasteiger partial charge < -0.3 is 25.3 Å². The van der Waals surface area contributed by atoms with Gasteiger partial charge in [-0.1, -0.05) is 41.4 Å². The van der Waals surface area contributed by atoms with Crippen LogP contribution >= 0.6 is 23.2 Å². The fraction of sp³-hybridized carbons (Fsp3) is 0.318. The zero-order valence-corrected chi connectivity index (χ0v) is 18.8. The summed E-state index contributed by atoms with van der Waals surface area (Å²) in [6.07, 6.45) is 0. The van der Waals surface area contributed by atoms with E-state index in [2.05, 4.69) is 15.5 Å². The molecule has 2 N–H and O–H groups in total. The largest absolute Gasteiger partial charge is 0.368 e. The summed E-state index contributed by atoms with van der Waals surface area (Å²) in [5.41, 5.74) is 2.23. The fourth-order valence-electron chi connectivity index (χ4n) is 3.82. The number of carbonyl (C=O) groups is 3. The maximum Gasteiger partial charge on any atom is 0.317 e. The number of benzene rings is 2. The Bertz CT molecular complexity index is 1040. The summed E-state index contributed by atoms with van der Waals surface area (Å²) in [4.78, 5) is 42.5. The lowest BCUT2D eigenvalue weighted by atomic mass is 10.1. The fourth-order valence-corrected chi connectivity index (χ4v) is 4.11. The second-order valence-electron chi connectivity index (χ2n) is 7.64. The van der Waals surface area contributed by atoms with Crippen molar-refractivity contribution >= 4 is 52.4 Å². The van der Waals surface area contributed by atoms with Crippen LogP contribution in [0.2, 0.25) is 10.0 Å². The topological polar surface area (TPSA) is 85.0 Å². The van der Waals surface area contributed by atoms with Crippen LogP contribution in [0.15, 0.2) is 42.5 Å². The van der Waals surface area contributed by atoms with Gasteiger partial charge in [0.15, 0.2) is 0 Å². The van der Waals surface area contributed by atoms with Crippen LogP contribution in [-0.2, 0) is 16.1 Å². The van der Waals surface area contributed by atoms with Crippen LogP contribution in [0.3, 0.4) is 0 Å². The molecule has 168 valence electrons. The Labute approximate surface area is 196 Å². The Kier molecular flexibility index (Phi) is 6.72. The summed E-state index contributed by atoms with van der Waals surface area (Å²) in [5, 5.41) is 6.44. The second kappa shape index (κ2) is 9.67. The predicted molar refractivity (Wildman–Crippen MR) is 124 cm³/mol. The van der Waals surface area contributed by atoms with Gasteiger partial charge in [-0.05, 0) is 29.8 Å². The lowest BCUT2D eigenvalue weighted by molar-refractivity contribution is -0.143. The molecule has 0 unspecified atom stereocenters. The summed E-state index contributed by atoms with van der Waals surface area (Å²) in [6, 6.07) is 12.5. The van der Waals surface area contributed by atoms with Gasteiger partial charge in [0.25, 0.3) is 0 Å². The van der Waals surface area contributed by atoms with E-state index in [1.807, 2.05) is 18.2 Å². The van der Waals surface area contributed by atoms with Crippen LogP contribution in [0, 0.1) is 0 Å². The van der Waals surface area contributed by atoms with E-state index in [4.69, 9.17) is 23.2 Å². The van der Waals surface area contributed by atoms with Crippen molar-refractivity contribution in [2.75, 3.05) is 49.5 Å². The highest BCUT2D eigenvalue weighted by molar-refractivity contribution is 6.42. The third kappa shape index (κ3) is 4.92. The molecule has 0 bridgehead atoms. The van der Waals surface area contributed by atoms with Crippen molar-refractivity contribution in [2.45, 2.75) is 6.54 Å². The first-order valence-electron chi connectivity index (χ1n) is 10.3. The molecule has 2 aromatic rings. The van der Waals surface area contributed by atoms with Crippen LogP contribution in [0.4, 0.5) is 16.2 Å². The van der Waals surface area contributed by atoms with Gasteiger partial charge in [-0.15, -0.1) is 0 Å². The SMILES string of the molecule is O=C(Nc1ccccc1CN1CCNC1=O)C(=O)N1CCN(c2ccc(Cl)c(Cl)c2)CC1. The quantitative estimate of drug-likeness (QED) is 0.665. The Balaban J connectivity index is 1.35. The maximum atomic E-state index is 12.7. The Hall–Kier alpha value is -2.97. The summed E-state index contributed by atoms with van der Waals surface area (Å²) in [7, 11) is 0. The Morgan fingerprint density at radius 1 is 0.969 bits per heavy atom. The Morgan fingerprint density at radius 2 is 1.72 bits per heavy atom. The molecule has 2 heterocycles. The molecule has 0 spiro atoms. The van der Waals surface area contributed by atoms with Crippen LogP contribution in [0.1, 0.15) is 5.56 Å². The van der Waals surface area contributed by atoms with Gasteiger partial charge in [0.05, 0.1) is 10.0 Å². The molecule has 0 saturated carbocycles. The minimum absolute atomic E-state index is 0.137. The number of halogens is 2. The molecule has 2 saturated heterocycles. The van der Waals surface area contributed by atoms with Crippen LogP contribution in [-0.4, -0.2) is 66.9 Å². The predicted octanol–water partition coefficient (Wildman–Crippen LogP) is 2.81. The molecule has 2 aliphatic rings. The number of para-hydroxylation sites is 1. The number of piperazine rings is 1. The third-order valence-electron chi connectivity index (χ3n) is 5.60. The van der Waals surface area contributed by atoms with E-state index in [-0.39, 0.29) is 6.03 Å². The summed E-state index contributed by atoms with van der Waals surface area (Å²) in [5.74, 6) is -1.26. The summed E-state index contributed by atoms with van der Waals surface area (Å²) >= 11 is 12.1. The van der Waals surface area contributed by atoms with Crippen molar-refractivity contribution in [1.82, 2.24) is 15.1 Å². The van der Waals surface area contributed by atoms with E-state index in [0.717, 1.165) is 11.3 Å². The highest BCUT2D eigenvalue weighted by Gasteiger charge is 2.27. The molecule has 0 aromatic heterocycles. The van der Waals surface area contributed by atoms with Gasteiger partial charge in [-0.2, -0.15) is 0 Å². The van der Waals surface area contributed by atoms with Gasteiger partial charge in [0.1, 0.15) is 0 Å². The zero-order chi connectivity index (χ0) is 22.7. The van der Waals surface area contributed by atoms with Crippen molar-refractivity contribution < 1.29 is 14.4 Å². The van der Waals surface area contributed by atoms with Crippen LogP contribution < -0.4 is 15.5 Å². The van der Waals surface area contributed by atoms with E-state index in [1.54, 1.807) is 34.1 Å². The number of rotatable bonds is 4. The summed E-state index contributed by atoms with van der Waals surface area (Å²) in [6.45, 7) is 3.56.